The minimum absolute atomic E-state index is 0.00173. The van der Waals surface area contributed by atoms with E-state index >= 15 is 0 Å². The van der Waals surface area contributed by atoms with Gasteiger partial charge in [-0.3, -0.25) is 4.79 Å². The fourth-order valence-electron chi connectivity index (χ4n) is 3.20. The van der Waals surface area contributed by atoms with Crippen molar-refractivity contribution in [2.45, 2.75) is 34.6 Å². The van der Waals surface area contributed by atoms with Crippen LogP contribution in [0.5, 0.6) is 0 Å². The lowest BCUT2D eigenvalue weighted by Gasteiger charge is -2.14. The molecule has 6 heteroatoms. The molecule has 0 aliphatic carbocycles. The van der Waals surface area contributed by atoms with Gasteiger partial charge in [0.1, 0.15) is 17.4 Å². The molecule has 0 aliphatic rings. The van der Waals surface area contributed by atoms with Crippen LogP contribution < -0.4 is 5.32 Å². The number of anilines is 1. The van der Waals surface area contributed by atoms with Gasteiger partial charge in [0.15, 0.2) is 5.82 Å². The van der Waals surface area contributed by atoms with E-state index in [4.69, 9.17) is 4.52 Å². The van der Waals surface area contributed by atoms with Crippen molar-refractivity contribution in [3.8, 4) is 11.8 Å². The molecule has 0 fully saturated rings. The fourth-order valence-corrected chi connectivity index (χ4v) is 3.20. The van der Waals surface area contributed by atoms with E-state index in [0.717, 1.165) is 22.6 Å². The van der Waals surface area contributed by atoms with Crippen molar-refractivity contribution in [2.75, 3.05) is 5.32 Å². The highest BCUT2D eigenvalue weighted by atomic mass is 16.5. The number of carbonyl (C=O) groups excluding carboxylic acids is 1. The number of nitriles is 1. The molecule has 0 saturated carbocycles. The van der Waals surface area contributed by atoms with E-state index in [1.54, 1.807) is 19.1 Å². The Bertz CT molecular complexity index is 1130. The molecule has 0 saturated heterocycles. The molecular weight excluding hydrogens is 352 g/mol. The molecule has 0 unspecified atom stereocenters. The zero-order valence-corrected chi connectivity index (χ0v) is 16.6. The minimum atomic E-state index is -0.521. The molecule has 3 rings (SSSR count). The van der Waals surface area contributed by atoms with Crippen molar-refractivity contribution in [2.24, 2.45) is 0 Å². The molecule has 0 spiro atoms. The first-order valence-corrected chi connectivity index (χ1v) is 8.93. The Labute approximate surface area is 164 Å². The summed E-state index contributed by atoms with van der Waals surface area (Å²) < 4.78 is 7.08. The van der Waals surface area contributed by atoms with Crippen molar-refractivity contribution in [1.29, 1.82) is 5.26 Å². The van der Waals surface area contributed by atoms with Gasteiger partial charge >= 0.3 is 0 Å². The van der Waals surface area contributed by atoms with Gasteiger partial charge < -0.3 is 14.4 Å². The molecule has 0 atom stereocenters. The number of amides is 1. The highest BCUT2D eigenvalue weighted by Crippen LogP contribution is 2.26. The molecular formula is C22H22N4O2. The zero-order chi connectivity index (χ0) is 20.4. The first kappa shape index (κ1) is 19.2. The standard InChI is InChI=1S/C22H22N4O2/c1-13-7-6-8-20(16(13)4)26-14(2)9-18(17(26)5)11-19(12-23)22(27)24-21-10-15(3)28-25-21/h6-11H,1-5H3,(H,24,25,27)/b19-11-. The predicted molar refractivity (Wildman–Crippen MR) is 108 cm³/mol. The molecule has 0 bridgehead atoms. The number of nitrogens with one attached hydrogen (secondary N) is 1. The van der Waals surface area contributed by atoms with E-state index in [1.165, 1.54) is 11.1 Å². The molecule has 1 amide bonds. The van der Waals surface area contributed by atoms with E-state index in [1.807, 2.05) is 32.0 Å². The third-order valence-corrected chi connectivity index (χ3v) is 4.82. The average molecular weight is 374 g/mol. The van der Waals surface area contributed by atoms with Gasteiger partial charge in [0, 0.05) is 23.1 Å². The van der Waals surface area contributed by atoms with Crippen LogP contribution in [-0.4, -0.2) is 15.6 Å². The van der Waals surface area contributed by atoms with Crippen molar-refractivity contribution in [3.63, 3.8) is 0 Å². The quantitative estimate of drug-likeness (QED) is 0.536. The van der Waals surface area contributed by atoms with E-state index in [0.29, 0.717) is 5.76 Å². The van der Waals surface area contributed by atoms with Crippen LogP contribution in [0.1, 0.15) is 33.8 Å². The first-order chi connectivity index (χ1) is 13.3. The fraction of sp³-hybridized carbons (Fsp3) is 0.227. The number of aromatic nitrogens is 2. The third-order valence-electron chi connectivity index (χ3n) is 4.82. The Morgan fingerprint density at radius 2 is 1.96 bits per heavy atom. The molecule has 1 aromatic carbocycles. The second-order valence-corrected chi connectivity index (χ2v) is 6.83. The van der Waals surface area contributed by atoms with Crippen molar-refractivity contribution >= 4 is 17.8 Å². The molecule has 2 aromatic heterocycles. The van der Waals surface area contributed by atoms with E-state index in [9.17, 15) is 10.1 Å². The summed E-state index contributed by atoms with van der Waals surface area (Å²) in [5.74, 6) is 0.340. The van der Waals surface area contributed by atoms with Crippen LogP contribution >= 0.6 is 0 Å². The lowest BCUT2D eigenvalue weighted by molar-refractivity contribution is -0.112. The third kappa shape index (κ3) is 3.60. The average Bonchev–Trinajstić information content (AvgIpc) is 3.18. The summed E-state index contributed by atoms with van der Waals surface area (Å²) in [6, 6.07) is 11.7. The van der Waals surface area contributed by atoms with Crippen LogP contribution in [0.2, 0.25) is 0 Å². The number of hydrogen-bond acceptors (Lipinski definition) is 4. The molecule has 142 valence electrons. The number of carbonyl (C=O) groups is 1. The molecule has 1 N–H and O–H groups in total. The number of hydrogen-bond donors (Lipinski definition) is 1. The van der Waals surface area contributed by atoms with Crippen molar-refractivity contribution in [3.05, 3.63) is 69.7 Å². The molecule has 28 heavy (non-hydrogen) atoms. The van der Waals surface area contributed by atoms with Crippen LogP contribution in [0.15, 0.2) is 40.4 Å². The summed E-state index contributed by atoms with van der Waals surface area (Å²) in [5.41, 5.74) is 6.31. The summed E-state index contributed by atoms with van der Waals surface area (Å²) in [6.07, 6.45) is 1.60. The van der Waals surface area contributed by atoms with Crippen LogP contribution in [-0.2, 0) is 4.79 Å². The lowest BCUT2D eigenvalue weighted by atomic mass is 10.1. The zero-order valence-electron chi connectivity index (χ0n) is 16.6. The molecule has 0 radical (unpaired) electrons. The summed E-state index contributed by atoms with van der Waals surface area (Å²) in [4.78, 5) is 12.4. The van der Waals surface area contributed by atoms with Crippen LogP contribution in [0.4, 0.5) is 5.82 Å². The van der Waals surface area contributed by atoms with Gasteiger partial charge in [0.2, 0.25) is 0 Å². The van der Waals surface area contributed by atoms with Gasteiger partial charge in [-0.25, -0.2) is 0 Å². The highest BCUT2D eigenvalue weighted by molar-refractivity contribution is 6.09. The summed E-state index contributed by atoms with van der Waals surface area (Å²) in [5, 5.41) is 15.8. The molecule has 0 aliphatic heterocycles. The van der Waals surface area contributed by atoms with Gasteiger partial charge in [-0.15, -0.1) is 0 Å². The number of aryl methyl sites for hydroxylation is 3. The SMILES string of the molecule is Cc1cc(NC(=O)/C(C#N)=C\c2cc(C)n(-c3cccc(C)c3C)c2C)no1. The van der Waals surface area contributed by atoms with E-state index in [2.05, 4.69) is 41.0 Å². The van der Waals surface area contributed by atoms with Gasteiger partial charge in [0.05, 0.1) is 0 Å². The summed E-state index contributed by atoms with van der Waals surface area (Å²) in [6.45, 7) is 9.89. The van der Waals surface area contributed by atoms with Crippen molar-refractivity contribution < 1.29 is 9.32 Å². The lowest BCUT2D eigenvalue weighted by Crippen LogP contribution is -2.13. The van der Waals surface area contributed by atoms with Gasteiger partial charge in [-0.05, 0) is 69.5 Å². The second kappa shape index (κ2) is 7.57. The van der Waals surface area contributed by atoms with Crippen LogP contribution in [0.3, 0.4) is 0 Å². The topological polar surface area (TPSA) is 83.9 Å². The smallest absolute Gasteiger partial charge is 0.267 e. The van der Waals surface area contributed by atoms with Gasteiger partial charge in [0.25, 0.3) is 5.91 Å². The van der Waals surface area contributed by atoms with Crippen LogP contribution in [0, 0.1) is 45.9 Å². The van der Waals surface area contributed by atoms with E-state index in [-0.39, 0.29) is 11.4 Å². The maximum Gasteiger partial charge on any atom is 0.267 e. The monoisotopic (exact) mass is 374 g/mol. The first-order valence-electron chi connectivity index (χ1n) is 8.93. The van der Waals surface area contributed by atoms with Crippen LogP contribution in [0.25, 0.3) is 11.8 Å². The predicted octanol–water partition coefficient (Wildman–Crippen LogP) is 4.55. The molecule has 3 aromatic rings. The number of nitrogens with zero attached hydrogens (tertiary/aromatic N) is 3. The Balaban J connectivity index is 1.98. The Morgan fingerprint density at radius 3 is 2.61 bits per heavy atom. The van der Waals surface area contributed by atoms with E-state index < -0.39 is 5.91 Å². The Kier molecular flexibility index (Phi) is 5.18. The maximum absolute atomic E-state index is 12.4. The van der Waals surface area contributed by atoms with Gasteiger partial charge in [-0.2, -0.15) is 5.26 Å². The maximum atomic E-state index is 12.4. The molecule has 2 heterocycles. The number of rotatable bonds is 4. The normalized spacial score (nSPS) is 11.4. The van der Waals surface area contributed by atoms with Crippen molar-refractivity contribution in [1.82, 2.24) is 9.72 Å². The largest absolute Gasteiger partial charge is 0.360 e. The Hall–Kier alpha value is -3.59. The summed E-state index contributed by atoms with van der Waals surface area (Å²) in [7, 11) is 0. The Morgan fingerprint density at radius 1 is 1.21 bits per heavy atom. The highest BCUT2D eigenvalue weighted by Gasteiger charge is 2.16. The molecule has 6 nitrogen and oxygen atoms in total. The minimum Gasteiger partial charge on any atom is -0.360 e. The van der Waals surface area contributed by atoms with Gasteiger partial charge in [-0.1, -0.05) is 17.3 Å². The number of benzene rings is 1. The summed E-state index contributed by atoms with van der Waals surface area (Å²) >= 11 is 0. The second-order valence-electron chi connectivity index (χ2n) is 6.83.